The molecule has 0 radical (unpaired) electrons. The van der Waals surface area contributed by atoms with Gasteiger partial charge in [0.05, 0.1) is 12.9 Å². The maximum Gasteiger partial charge on any atom is 0.248 e. The molecular weight excluding hydrogens is 408 g/mol. The highest BCUT2D eigenvalue weighted by atomic mass is 16.5. The molecule has 32 heavy (non-hydrogen) atoms. The van der Waals surface area contributed by atoms with Gasteiger partial charge < -0.3 is 19.3 Å². The van der Waals surface area contributed by atoms with Crippen molar-refractivity contribution in [3.63, 3.8) is 0 Å². The second-order valence-electron chi connectivity index (χ2n) is 8.14. The highest BCUT2D eigenvalue weighted by Gasteiger charge is 2.22. The number of nitrogens with zero attached hydrogens (tertiary/aromatic N) is 6. The summed E-state index contributed by atoms with van der Waals surface area (Å²) in [4.78, 5) is 26.3. The SMILES string of the molecule is Cc1cc(-c2nc(C#N)nc3c2ncn3C)ccc1OCCC1CCN(C(=O)CO)CC1. The Bertz CT molecular complexity index is 1170. The predicted octanol–water partition coefficient (Wildman–Crippen LogP) is 2.21. The lowest BCUT2D eigenvalue weighted by molar-refractivity contribution is -0.135. The molecular formula is C23H26N6O3. The van der Waals surface area contributed by atoms with Gasteiger partial charge in [0.1, 0.15) is 29.6 Å². The Balaban J connectivity index is 1.41. The van der Waals surface area contributed by atoms with Crippen molar-refractivity contribution < 1.29 is 14.6 Å². The Morgan fingerprint density at radius 2 is 2.09 bits per heavy atom. The molecule has 9 heteroatoms. The van der Waals surface area contributed by atoms with Gasteiger partial charge in [-0.25, -0.2) is 9.97 Å². The van der Waals surface area contributed by atoms with E-state index in [4.69, 9.17) is 9.84 Å². The molecule has 1 amide bonds. The Labute approximate surface area is 186 Å². The second kappa shape index (κ2) is 9.32. The first-order valence-electron chi connectivity index (χ1n) is 10.7. The van der Waals surface area contributed by atoms with Crippen LogP contribution in [0.3, 0.4) is 0 Å². The first kappa shape index (κ1) is 21.7. The summed E-state index contributed by atoms with van der Waals surface area (Å²) in [5.41, 5.74) is 3.75. The molecule has 1 fully saturated rings. The van der Waals surface area contributed by atoms with Crippen molar-refractivity contribution >= 4 is 17.1 Å². The fourth-order valence-electron chi connectivity index (χ4n) is 4.12. The standard InChI is InChI=1S/C23H26N6O3/c1-15-11-17(21-22-23(28(2)14-25-22)27-19(12-24)26-21)3-4-18(15)32-10-7-16-5-8-29(9-6-16)20(31)13-30/h3-4,11,14,16,30H,5-10,13H2,1-2H3. The molecule has 1 aromatic carbocycles. The van der Waals surface area contributed by atoms with E-state index in [1.807, 2.05) is 38.2 Å². The number of piperidine rings is 1. The number of likely N-dealkylation sites (tertiary alicyclic amines) is 1. The van der Waals surface area contributed by atoms with Crippen molar-refractivity contribution in [1.82, 2.24) is 24.4 Å². The van der Waals surface area contributed by atoms with Crippen LogP contribution >= 0.6 is 0 Å². The first-order valence-corrected chi connectivity index (χ1v) is 10.7. The number of aromatic nitrogens is 4. The molecule has 166 valence electrons. The number of ether oxygens (including phenoxy) is 1. The summed E-state index contributed by atoms with van der Waals surface area (Å²) in [5.74, 6) is 1.25. The van der Waals surface area contributed by atoms with Crippen molar-refractivity contribution in [3.8, 4) is 23.1 Å². The number of aliphatic hydroxyl groups excluding tert-OH is 1. The normalized spacial score (nSPS) is 14.5. The fraction of sp³-hybridized carbons (Fsp3) is 0.435. The van der Waals surface area contributed by atoms with Crippen molar-refractivity contribution in [2.45, 2.75) is 26.2 Å². The minimum Gasteiger partial charge on any atom is -0.493 e. The van der Waals surface area contributed by atoms with Gasteiger partial charge in [-0.3, -0.25) is 4.79 Å². The predicted molar refractivity (Wildman–Crippen MR) is 118 cm³/mol. The molecule has 4 rings (SSSR count). The second-order valence-corrected chi connectivity index (χ2v) is 8.14. The van der Waals surface area contributed by atoms with E-state index in [1.165, 1.54) is 0 Å². The van der Waals surface area contributed by atoms with Crippen molar-refractivity contribution in [1.29, 1.82) is 5.26 Å². The summed E-state index contributed by atoms with van der Waals surface area (Å²) in [6, 6.07) is 7.87. The molecule has 0 saturated carbocycles. The summed E-state index contributed by atoms with van der Waals surface area (Å²) < 4.78 is 7.81. The molecule has 9 nitrogen and oxygen atoms in total. The lowest BCUT2D eigenvalue weighted by Crippen LogP contribution is -2.40. The van der Waals surface area contributed by atoms with E-state index in [0.717, 1.165) is 36.1 Å². The average Bonchev–Trinajstić information content (AvgIpc) is 3.20. The van der Waals surface area contributed by atoms with E-state index in [-0.39, 0.29) is 11.7 Å². The number of hydrogen-bond donors (Lipinski definition) is 1. The number of aliphatic hydroxyl groups is 1. The van der Waals surface area contributed by atoms with E-state index in [9.17, 15) is 10.1 Å². The molecule has 0 aliphatic carbocycles. The number of amides is 1. The maximum atomic E-state index is 11.6. The van der Waals surface area contributed by atoms with Gasteiger partial charge in [-0.05, 0) is 55.9 Å². The van der Waals surface area contributed by atoms with Gasteiger partial charge >= 0.3 is 0 Å². The zero-order valence-electron chi connectivity index (χ0n) is 18.3. The van der Waals surface area contributed by atoms with Gasteiger partial charge in [0, 0.05) is 25.7 Å². The van der Waals surface area contributed by atoms with Crippen LogP contribution in [-0.4, -0.2) is 61.7 Å². The number of rotatable bonds is 6. The summed E-state index contributed by atoms with van der Waals surface area (Å²) in [6.07, 6.45) is 4.46. The number of imidazole rings is 1. The lowest BCUT2D eigenvalue weighted by atomic mass is 9.94. The molecule has 0 unspecified atom stereocenters. The quantitative estimate of drug-likeness (QED) is 0.632. The summed E-state index contributed by atoms with van der Waals surface area (Å²) >= 11 is 0. The first-order chi connectivity index (χ1) is 15.5. The van der Waals surface area contributed by atoms with Gasteiger partial charge in [0.15, 0.2) is 5.65 Å². The van der Waals surface area contributed by atoms with E-state index in [0.29, 0.717) is 42.5 Å². The van der Waals surface area contributed by atoms with E-state index in [1.54, 1.807) is 15.8 Å². The monoisotopic (exact) mass is 434 g/mol. The average molecular weight is 435 g/mol. The third-order valence-corrected chi connectivity index (χ3v) is 5.99. The molecule has 1 N–H and O–H groups in total. The van der Waals surface area contributed by atoms with Gasteiger partial charge in [-0.2, -0.15) is 10.2 Å². The zero-order chi connectivity index (χ0) is 22.7. The largest absolute Gasteiger partial charge is 0.493 e. The Morgan fingerprint density at radius 3 is 2.78 bits per heavy atom. The summed E-state index contributed by atoms with van der Waals surface area (Å²) in [7, 11) is 1.84. The third kappa shape index (κ3) is 4.41. The van der Waals surface area contributed by atoms with Crippen LogP contribution in [0.5, 0.6) is 5.75 Å². The molecule has 0 bridgehead atoms. The maximum absolute atomic E-state index is 11.6. The Kier molecular flexibility index (Phi) is 6.32. The molecule has 0 atom stereocenters. The van der Waals surface area contributed by atoms with Gasteiger partial charge in [-0.1, -0.05) is 0 Å². The number of benzene rings is 1. The number of carbonyl (C=O) groups excluding carboxylic acids is 1. The van der Waals surface area contributed by atoms with Crippen LogP contribution in [0.4, 0.5) is 0 Å². The van der Waals surface area contributed by atoms with Crippen molar-refractivity contribution in [3.05, 3.63) is 35.9 Å². The molecule has 0 spiro atoms. The highest BCUT2D eigenvalue weighted by Crippen LogP contribution is 2.29. The number of fused-ring (bicyclic) bond motifs is 1. The molecule has 1 aliphatic heterocycles. The molecule has 2 aromatic heterocycles. The van der Waals surface area contributed by atoms with Crippen molar-refractivity contribution in [2.24, 2.45) is 13.0 Å². The number of carbonyl (C=O) groups is 1. The number of aryl methyl sites for hydroxylation is 2. The van der Waals surface area contributed by atoms with Gasteiger partial charge in [0.2, 0.25) is 11.7 Å². The van der Waals surface area contributed by atoms with Crippen LogP contribution in [-0.2, 0) is 11.8 Å². The minimum atomic E-state index is -0.415. The third-order valence-electron chi connectivity index (χ3n) is 5.99. The lowest BCUT2D eigenvalue weighted by Gasteiger charge is -2.31. The molecule has 3 heterocycles. The van der Waals surface area contributed by atoms with E-state index < -0.39 is 6.61 Å². The van der Waals surface area contributed by atoms with Gasteiger partial charge in [0.25, 0.3) is 0 Å². The summed E-state index contributed by atoms with van der Waals surface area (Å²) in [5, 5.41) is 18.3. The van der Waals surface area contributed by atoms with Gasteiger partial charge in [-0.15, -0.1) is 0 Å². The molecule has 3 aromatic rings. The molecule has 1 aliphatic rings. The minimum absolute atomic E-state index is 0.112. The Hall–Kier alpha value is -3.51. The molecule has 1 saturated heterocycles. The van der Waals surface area contributed by atoms with Crippen LogP contribution in [0.1, 0.15) is 30.7 Å². The highest BCUT2D eigenvalue weighted by molar-refractivity contribution is 5.87. The van der Waals surface area contributed by atoms with E-state index >= 15 is 0 Å². The van der Waals surface area contributed by atoms with Crippen LogP contribution < -0.4 is 4.74 Å². The van der Waals surface area contributed by atoms with Crippen LogP contribution in [0, 0.1) is 24.2 Å². The summed E-state index contributed by atoms with van der Waals surface area (Å²) in [6.45, 7) is 3.57. The zero-order valence-corrected chi connectivity index (χ0v) is 18.3. The Morgan fingerprint density at radius 1 is 1.31 bits per heavy atom. The smallest absolute Gasteiger partial charge is 0.248 e. The van der Waals surface area contributed by atoms with Crippen LogP contribution in [0.15, 0.2) is 24.5 Å². The topological polar surface area (TPSA) is 117 Å². The number of hydrogen-bond acceptors (Lipinski definition) is 7. The fourth-order valence-corrected chi connectivity index (χ4v) is 4.12. The van der Waals surface area contributed by atoms with Crippen molar-refractivity contribution in [2.75, 3.05) is 26.3 Å². The number of nitriles is 1. The van der Waals surface area contributed by atoms with E-state index in [2.05, 4.69) is 15.0 Å². The van der Waals surface area contributed by atoms with Crippen LogP contribution in [0.2, 0.25) is 0 Å². The van der Waals surface area contributed by atoms with Crippen LogP contribution in [0.25, 0.3) is 22.4 Å².